The van der Waals surface area contributed by atoms with Crippen molar-refractivity contribution in [1.29, 1.82) is 0 Å². The Balaban J connectivity index is 2.03. The lowest BCUT2D eigenvalue weighted by Crippen LogP contribution is -2.29. The first kappa shape index (κ1) is 9.69. The van der Waals surface area contributed by atoms with Gasteiger partial charge in [0.1, 0.15) is 0 Å². The maximum Gasteiger partial charge on any atom is 0.0621 e. The first-order chi connectivity index (χ1) is 6.75. The first-order valence-electron chi connectivity index (χ1n) is 5.14. The van der Waals surface area contributed by atoms with E-state index in [-0.39, 0.29) is 6.04 Å². The van der Waals surface area contributed by atoms with Crippen molar-refractivity contribution in [3.8, 4) is 0 Å². The van der Waals surface area contributed by atoms with Gasteiger partial charge in [0.2, 0.25) is 0 Å². The second-order valence-corrected chi connectivity index (χ2v) is 4.15. The molecule has 0 aliphatic carbocycles. The minimum Gasteiger partial charge on any atom is -0.379 e. The molecule has 1 aromatic rings. The molecule has 2 atom stereocenters. The molecule has 1 saturated heterocycles. The Morgan fingerprint density at radius 3 is 2.93 bits per heavy atom. The van der Waals surface area contributed by atoms with Crippen molar-refractivity contribution in [2.75, 3.05) is 13.2 Å². The average Bonchev–Trinajstić information content (AvgIpc) is 2.52. The molecule has 14 heavy (non-hydrogen) atoms. The van der Waals surface area contributed by atoms with Crippen LogP contribution in [-0.4, -0.2) is 19.3 Å². The Morgan fingerprint density at radius 1 is 1.43 bits per heavy atom. The summed E-state index contributed by atoms with van der Waals surface area (Å²) in [6.07, 6.45) is 1.04. The molecule has 1 fully saturated rings. The SMILES string of the molecule is Cc1cccc(CC2COCC2N)c1. The molecule has 0 aromatic heterocycles. The lowest BCUT2D eigenvalue weighted by Gasteiger charge is -2.13. The average molecular weight is 191 g/mol. The molecule has 1 aliphatic rings. The Labute approximate surface area is 85.1 Å². The van der Waals surface area contributed by atoms with Crippen LogP contribution < -0.4 is 5.73 Å². The van der Waals surface area contributed by atoms with Gasteiger partial charge in [-0.1, -0.05) is 29.8 Å². The first-order valence-corrected chi connectivity index (χ1v) is 5.14. The summed E-state index contributed by atoms with van der Waals surface area (Å²) >= 11 is 0. The number of ether oxygens (including phenoxy) is 1. The zero-order chi connectivity index (χ0) is 9.97. The number of hydrogen-bond acceptors (Lipinski definition) is 2. The minimum absolute atomic E-state index is 0.218. The Kier molecular flexibility index (Phi) is 2.85. The van der Waals surface area contributed by atoms with Gasteiger partial charge in [0, 0.05) is 12.0 Å². The van der Waals surface area contributed by atoms with Crippen LogP contribution in [0.15, 0.2) is 24.3 Å². The van der Waals surface area contributed by atoms with E-state index >= 15 is 0 Å². The highest BCUT2D eigenvalue weighted by Crippen LogP contribution is 2.18. The summed E-state index contributed by atoms with van der Waals surface area (Å²) in [7, 11) is 0. The van der Waals surface area contributed by atoms with Crippen molar-refractivity contribution in [2.45, 2.75) is 19.4 Å². The van der Waals surface area contributed by atoms with Gasteiger partial charge in [-0.2, -0.15) is 0 Å². The van der Waals surface area contributed by atoms with Gasteiger partial charge in [0.05, 0.1) is 13.2 Å². The molecule has 2 heteroatoms. The molecule has 0 spiro atoms. The molecule has 0 saturated carbocycles. The second kappa shape index (κ2) is 4.11. The molecule has 0 amide bonds. The molecule has 1 heterocycles. The molecule has 2 nitrogen and oxygen atoms in total. The van der Waals surface area contributed by atoms with E-state index < -0.39 is 0 Å². The predicted octanol–water partition coefficient (Wildman–Crippen LogP) is 1.51. The van der Waals surface area contributed by atoms with Gasteiger partial charge in [-0.15, -0.1) is 0 Å². The predicted molar refractivity (Wildman–Crippen MR) is 57.2 cm³/mol. The van der Waals surface area contributed by atoms with Crippen LogP contribution in [0, 0.1) is 12.8 Å². The van der Waals surface area contributed by atoms with Crippen LogP contribution in [0.25, 0.3) is 0 Å². The Bertz CT molecular complexity index is 311. The van der Waals surface area contributed by atoms with Gasteiger partial charge >= 0.3 is 0 Å². The molecule has 1 aliphatic heterocycles. The number of hydrogen-bond donors (Lipinski definition) is 1. The highest BCUT2D eigenvalue weighted by molar-refractivity contribution is 5.22. The quantitative estimate of drug-likeness (QED) is 0.769. The lowest BCUT2D eigenvalue weighted by molar-refractivity contribution is 0.184. The van der Waals surface area contributed by atoms with Gasteiger partial charge in [0.25, 0.3) is 0 Å². The van der Waals surface area contributed by atoms with Crippen LogP contribution in [-0.2, 0) is 11.2 Å². The van der Waals surface area contributed by atoms with Gasteiger partial charge in [0.15, 0.2) is 0 Å². The Morgan fingerprint density at radius 2 is 2.29 bits per heavy atom. The normalized spacial score (nSPS) is 26.7. The molecular formula is C12H17NO. The van der Waals surface area contributed by atoms with Gasteiger partial charge in [-0.05, 0) is 18.9 Å². The van der Waals surface area contributed by atoms with Gasteiger partial charge < -0.3 is 10.5 Å². The highest BCUT2D eigenvalue weighted by Gasteiger charge is 2.24. The zero-order valence-corrected chi connectivity index (χ0v) is 8.57. The van der Waals surface area contributed by atoms with Crippen LogP contribution in [0.2, 0.25) is 0 Å². The number of aryl methyl sites for hydroxylation is 1. The van der Waals surface area contributed by atoms with E-state index in [2.05, 4.69) is 31.2 Å². The fourth-order valence-electron chi connectivity index (χ4n) is 1.97. The summed E-state index contributed by atoms with van der Waals surface area (Å²) in [5.74, 6) is 0.497. The van der Waals surface area contributed by atoms with Crippen LogP contribution >= 0.6 is 0 Å². The molecule has 76 valence electrons. The smallest absolute Gasteiger partial charge is 0.0621 e. The lowest BCUT2D eigenvalue weighted by atomic mass is 9.95. The molecule has 0 radical (unpaired) electrons. The maximum atomic E-state index is 5.94. The van der Waals surface area contributed by atoms with E-state index in [0.717, 1.165) is 19.6 Å². The van der Waals surface area contributed by atoms with Crippen molar-refractivity contribution in [1.82, 2.24) is 0 Å². The molecule has 1 aromatic carbocycles. The summed E-state index contributed by atoms with van der Waals surface area (Å²) in [6, 6.07) is 8.83. The largest absolute Gasteiger partial charge is 0.379 e. The fraction of sp³-hybridized carbons (Fsp3) is 0.500. The van der Waals surface area contributed by atoms with Crippen molar-refractivity contribution < 1.29 is 4.74 Å². The van der Waals surface area contributed by atoms with E-state index in [9.17, 15) is 0 Å². The van der Waals surface area contributed by atoms with E-state index in [1.54, 1.807) is 0 Å². The van der Waals surface area contributed by atoms with Crippen molar-refractivity contribution in [3.05, 3.63) is 35.4 Å². The zero-order valence-electron chi connectivity index (χ0n) is 8.57. The molecule has 2 rings (SSSR count). The summed E-state index contributed by atoms with van der Waals surface area (Å²) in [6.45, 7) is 3.65. The third-order valence-corrected chi connectivity index (χ3v) is 2.83. The molecule has 2 unspecified atom stereocenters. The summed E-state index contributed by atoms with van der Waals surface area (Å²) in [5, 5.41) is 0. The molecule has 0 bridgehead atoms. The standard InChI is InChI=1S/C12H17NO/c1-9-3-2-4-10(5-9)6-11-7-14-8-12(11)13/h2-5,11-12H,6-8,13H2,1H3. The summed E-state index contributed by atoms with van der Waals surface area (Å²) in [4.78, 5) is 0. The van der Waals surface area contributed by atoms with E-state index in [4.69, 9.17) is 10.5 Å². The Hall–Kier alpha value is -0.860. The maximum absolute atomic E-state index is 5.94. The van der Waals surface area contributed by atoms with E-state index in [0.29, 0.717) is 5.92 Å². The summed E-state index contributed by atoms with van der Waals surface area (Å²) < 4.78 is 5.35. The molecular weight excluding hydrogens is 174 g/mol. The van der Waals surface area contributed by atoms with Crippen LogP contribution in [0.4, 0.5) is 0 Å². The fourth-order valence-corrected chi connectivity index (χ4v) is 1.97. The van der Waals surface area contributed by atoms with Crippen LogP contribution in [0.1, 0.15) is 11.1 Å². The second-order valence-electron chi connectivity index (χ2n) is 4.15. The van der Waals surface area contributed by atoms with Crippen LogP contribution in [0.3, 0.4) is 0 Å². The number of rotatable bonds is 2. The number of nitrogens with two attached hydrogens (primary N) is 1. The molecule has 2 N–H and O–H groups in total. The van der Waals surface area contributed by atoms with E-state index in [1.165, 1.54) is 11.1 Å². The van der Waals surface area contributed by atoms with Crippen molar-refractivity contribution >= 4 is 0 Å². The third kappa shape index (κ3) is 2.14. The number of benzene rings is 1. The summed E-state index contributed by atoms with van der Waals surface area (Å²) in [5.41, 5.74) is 8.63. The topological polar surface area (TPSA) is 35.2 Å². The minimum atomic E-state index is 0.218. The third-order valence-electron chi connectivity index (χ3n) is 2.83. The van der Waals surface area contributed by atoms with Gasteiger partial charge in [-0.3, -0.25) is 0 Å². The van der Waals surface area contributed by atoms with Crippen molar-refractivity contribution in [3.63, 3.8) is 0 Å². The monoisotopic (exact) mass is 191 g/mol. The highest BCUT2D eigenvalue weighted by atomic mass is 16.5. The van der Waals surface area contributed by atoms with E-state index in [1.807, 2.05) is 0 Å². The van der Waals surface area contributed by atoms with Crippen LogP contribution in [0.5, 0.6) is 0 Å². The van der Waals surface area contributed by atoms with Gasteiger partial charge in [-0.25, -0.2) is 0 Å². The van der Waals surface area contributed by atoms with Crippen molar-refractivity contribution in [2.24, 2.45) is 11.7 Å².